The van der Waals surface area contributed by atoms with E-state index in [-0.39, 0.29) is 6.04 Å². The normalized spacial score (nSPS) is 19.4. The number of aryl methyl sites for hydroxylation is 1. The molecule has 112 valence electrons. The molecule has 0 aliphatic carbocycles. The van der Waals surface area contributed by atoms with E-state index in [9.17, 15) is 0 Å². The predicted octanol–water partition coefficient (Wildman–Crippen LogP) is 2.27. The molecule has 1 aliphatic heterocycles. The van der Waals surface area contributed by atoms with Gasteiger partial charge in [-0.1, -0.05) is 29.8 Å². The fraction of sp³-hybridized carbons (Fsp3) is 0.647. The molecule has 0 saturated carbocycles. The summed E-state index contributed by atoms with van der Waals surface area (Å²) in [5, 5.41) is 0. The molecule has 1 aromatic carbocycles. The molecule has 1 aliphatic rings. The molecule has 1 saturated heterocycles. The van der Waals surface area contributed by atoms with Crippen LogP contribution >= 0.6 is 0 Å². The van der Waals surface area contributed by atoms with Crippen molar-refractivity contribution in [3.05, 3.63) is 35.4 Å². The van der Waals surface area contributed by atoms with Crippen LogP contribution in [0.4, 0.5) is 0 Å². The molecular weight excluding hydrogens is 246 g/mol. The highest BCUT2D eigenvalue weighted by Crippen LogP contribution is 2.20. The van der Waals surface area contributed by atoms with Gasteiger partial charge in [0.15, 0.2) is 0 Å². The Morgan fingerprint density at radius 3 is 2.35 bits per heavy atom. The Kier molecular flexibility index (Phi) is 5.58. The summed E-state index contributed by atoms with van der Waals surface area (Å²) in [5.41, 5.74) is 8.89. The molecule has 0 bridgehead atoms. The van der Waals surface area contributed by atoms with E-state index in [4.69, 9.17) is 5.73 Å². The van der Waals surface area contributed by atoms with Crippen LogP contribution in [0.2, 0.25) is 0 Å². The minimum Gasteiger partial charge on any atom is -0.323 e. The average molecular weight is 275 g/mol. The Morgan fingerprint density at radius 1 is 1.20 bits per heavy atom. The molecule has 2 N–H and O–H groups in total. The van der Waals surface area contributed by atoms with Crippen molar-refractivity contribution in [1.82, 2.24) is 9.80 Å². The van der Waals surface area contributed by atoms with Crippen molar-refractivity contribution in [2.75, 3.05) is 40.3 Å². The van der Waals surface area contributed by atoms with Crippen LogP contribution in [0.5, 0.6) is 0 Å². The van der Waals surface area contributed by atoms with Crippen molar-refractivity contribution in [3.63, 3.8) is 0 Å². The van der Waals surface area contributed by atoms with Gasteiger partial charge in [0.05, 0.1) is 0 Å². The Labute approximate surface area is 123 Å². The first kappa shape index (κ1) is 15.5. The number of piperidine rings is 1. The maximum Gasteiger partial charge on any atom is 0.0424 e. The van der Waals surface area contributed by atoms with E-state index in [1.807, 2.05) is 0 Å². The van der Waals surface area contributed by atoms with Crippen LogP contribution in [0.25, 0.3) is 0 Å². The zero-order valence-electron chi connectivity index (χ0n) is 13.2. The monoisotopic (exact) mass is 275 g/mol. The van der Waals surface area contributed by atoms with Gasteiger partial charge in [-0.25, -0.2) is 0 Å². The second-order valence-corrected chi connectivity index (χ2v) is 6.52. The Morgan fingerprint density at radius 2 is 1.80 bits per heavy atom. The standard InChI is InChI=1S/C17H29N3/c1-14-4-6-16(7-5-14)17(18)13-20-10-8-15(9-11-20)12-19(2)3/h4-7,15,17H,8-13,18H2,1-3H3. The Hall–Kier alpha value is -0.900. The topological polar surface area (TPSA) is 32.5 Å². The third-order valence-corrected chi connectivity index (χ3v) is 4.29. The van der Waals surface area contributed by atoms with Crippen LogP contribution in [0.1, 0.15) is 30.0 Å². The van der Waals surface area contributed by atoms with Crippen molar-refractivity contribution in [2.24, 2.45) is 11.7 Å². The number of nitrogens with zero attached hydrogens (tertiary/aromatic N) is 2. The molecule has 2 rings (SSSR count). The summed E-state index contributed by atoms with van der Waals surface area (Å²) in [6, 6.07) is 8.77. The summed E-state index contributed by atoms with van der Waals surface area (Å²) in [7, 11) is 4.33. The smallest absolute Gasteiger partial charge is 0.0424 e. The molecule has 0 aromatic heterocycles. The summed E-state index contributed by atoms with van der Waals surface area (Å²) in [6.45, 7) is 6.70. The number of hydrogen-bond donors (Lipinski definition) is 1. The second kappa shape index (κ2) is 7.21. The highest BCUT2D eigenvalue weighted by atomic mass is 15.1. The predicted molar refractivity (Wildman–Crippen MR) is 85.8 cm³/mol. The Balaban J connectivity index is 1.79. The lowest BCUT2D eigenvalue weighted by atomic mass is 9.95. The maximum atomic E-state index is 6.34. The van der Waals surface area contributed by atoms with Gasteiger partial charge in [-0.3, -0.25) is 0 Å². The summed E-state index contributed by atoms with van der Waals surface area (Å²) in [4.78, 5) is 4.83. The van der Waals surface area contributed by atoms with Crippen molar-refractivity contribution in [1.29, 1.82) is 0 Å². The maximum absolute atomic E-state index is 6.34. The van der Waals surface area contributed by atoms with Gasteiger partial charge in [-0.05, 0) is 58.4 Å². The van der Waals surface area contributed by atoms with Crippen LogP contribution in [0.15, 0.2) is 24.3 Å². The fourth-order valence-corrected chi connectivity index (χ4v) is 3.07. The lowest BCUT2D eigenvalue weighted by Crippen LogP contribution is -2.40. The van der Waals surface area contributed by atoms with Crippen molar-refractivity contribution in [3.8, 4) is 0 Å². The van der Waals surface area contributed by atoms with Crippen LogP contribution in [-0.2, 0) is 0 Å². The number of hydrogen-bond acceptors (Lipinski definition) is 3. The van der Waals surface area contributed by atoms with Gasteiger partial charge in [0.2, 0.25) is 0 Å². The van der Waals surface area contributed by atoms with E-state index < -0.39 is 0 Å². The van der Waals surface area contributed by atoms with Crippen molar-refractivity contribution >= 4 is 0 Å². The first-order valence-electron chi connectivity index (χ1n) is 7.74. The highest BCUT2D eigenvalue weighted by Gasteiger charge is 2.21. The fourth-order valence-electron chi connectivity index (χ4n) is 3.07. The first-order valence-corrected chi connectivity index (χ1v) is 7.74. The highest BCUT2D eigenvalue weighted by molar-refractivity contribution is 5.24. The number of rotatable bonds is 5. The molecule has 1 unspecified atom stereocenters. The second-order valence-electron chi connectivity index (χ2n) is 6.52. The van der Waals surface area contributed by atoms with Crippen molar-refractivity contribution in [2.45, 2.75) is 25.8 Å². The van der Waals surface area contributed by atoms with Crippen LogP contribution in [-0.4, -0.2) is 50.1 Å². The van der Waals surface area contributed by atoms with Crippen LogP contribution in [0.3, 0.4) is 0 Å². The SMILES string of the molecule is Cc1ccc(C(N)CN2CCC(CN(C)C)CC2)cc1. The third kappa shape index (κ3) is 4.58. The van der Waals surface area contributed by atoms with Crippen LogP contribution < -0.4 is 5.73 Å². The minimum atomic E-state index is 0.140. The van der Waals surface area contributed by atoms with Gasteiger partial charge in [0.25, 0.3) is 0 Å². The zero-order chi connectivity index (χ0) is 14.5. The largest absolute Gasteiger partial charge is 0.323 e. The number of benzene rings is 1. The van der Waals surface area contributed by atoms with E-state index in [1.54, 1.807) is 0 Å². The van der Waals surface area contributed by atoms with Crippen LogP contribution in [0, 0.1) is 12.8 Å². The quantitative estimate of drug-likeness (QED) is 0.895. The van der Waals surface area contributed by atoms with E-state index >= 15 is 0 Å². The van der Waals surface area contributed by atoms with Gasteiger partial charge >= 0.3 is 0 Å². The van der Waals surface area contributed by atoms with Gasteiger partial charge in [-0.15, -0.1) is 0 Å². The molecule has 1 heterocycles. The molecule has 20 heavy (non-hydrogen) atoms. The van der Waals surface area contributed by atoms with Gasteiger partial charge in [-0.2, -0.15) is 0 Å². The molecule has 0 radical (unpaired) electrons. The van der Waals surface area contributed by atoms with Gasteiger partial charge in [0.1, 0.15) is 0 Å². The average Bonchev–Trinajstić information content (AvgIpc) is 2.41. The van der Waals surface area contributed by atoms with E-state index in [0.717, 1.165) is 12.5 Å². The molecule has 0 amide bonds. The van der Waals surface area contributed by atoms with Crippen molar-refractivity contribution < 1.29 is 0 Å². The lowest BCUT2D eigenvalue weighted by molar-refractivity contribution is 0.156. The summed E-state index contributed by atoms with van der Waals surface area (Å²) in [5.74, 6) is 0.858. The molecule has 1 atom stereocenters. The first-order chi connectivity index (χ1) is 9.54. The molecule has 3 nitrogen and oxygen atoms in total. The number of nitrogens with two attached hydrogens (primary N) is 1. The Bertz CT molecular complexity index is 391. The molecular formula is C17H29N3. The van der Waals surface area contributed by atoms with E-state index in [0.29, 0.717) is 0 Å². The summed E-state index contributed by atoms with van der Waals surface area (Å²) in [6.07, 6.45) is 2.61. The van der Waals surface area contributed by atoms with E-state index in [1.165, 1.54) is 43.6 Å². The molecule has 1 fully saturated rings. The molecule has 3 heteroatoms. The zero-order valence-corrected chi connectivity index (χ0v) is 13.2. The minimum absolute atomic E-state index is 0.140. The number of likely N-dealkylation sites (tertiary alicyclic amines) is 1. The molecule has 1 aromatic rings. The van der Waals surface area contributed by atoms with E-state index in [2.05, 4.69) is 55.1 Å². The summed E-state index contributed by atoms with van der Waals surface area (Å²) < 4.78 is 0. The summed E-state index contributed by atoms with van der Waals surface area (Å²) >= 11 is 0. The van der Waals surface area contributed by atoms with Gasteiger partial charge in [0, 0.05) is 19.1 Å². The molecule has 0 spiro atoms. The lowest BCUT2D eigenvalue weighted by Gasteiger charge is -2.34. The third-order valence-electron chi connectivity index (χ3n) is 4.29. The van der Waals surface area contributed by atoms with Gasteiger partial charge < -0.3 is 15.5 Å².